The normalized spacial score (nSPS) is 12.5. The second kappa shape index (κ2) is 8.91. The highest BCUT2D eigenvalue weighted by Gasteiger charge is 2.22. The molecule has 28 heavy (non-hydrogen) atoms. The number of aryl methyl sites for hydroxylation is 1. The molecule has 7 nitrogen and oxygen atoms in total. The maximum Gasteiger partial charge on any atom is 0.408 e. The van der Waals surface area contributed by atoms with Gasteiger partial charge in [0.2, 0.25) is 0 Å². The molecule has 2 aromatic rings. The molecule has 0 saturated carbocycles. The third kappa shape index (κ3) is 6.11. The van der Waals surface area contributed by atoms with Crippen molar-refractivity contribution in [1.82, 2.24) is 5.32 Å². The predicted molar refractivity (Wildman–Crippen MR) is 106 cm³/mol. The van der Waals surface area contributed by atoms with E-state index in [0.29, 0.717) is 5.58 Å². The van der Waals surface area contributed by atoms with Gasteiger partial charge in [0.05, 0.1) is 0 Å². The van der Waals surface area contributed by atoms with Crippen LogP contribution in [0.2, 0.25) is 0 Å². The second-order valence-electron chi connectivity index (χ2n) is 7.64. The highest BCUT2D eigenvalue weighted by Crippen LogP contribution is 2.24. The number of amides is 1. The van der Waals surface area contributed by atoms with Crippen LogP contribution in [-0.2, 0) is 16.0 Å². The molecule has 0 unspecified atom stereocenters. The van der Waals surface area contributed by atoms with Crippen molar-refractivity contribution in [2.75, 3.05) is 0 Å². The molecule has 0 aliphatic carbocycles. The summed E-state index contributed by atoms with van der Waals surface area (Å²) in [6, 6.07) is 5.49. The van der Waals surface area contributed by atoms with E-state index in [9.17, 15) is 14.4 Å². The van der Waals surface area contributed by atoms with Crippen molar-refractivity contribution in [2.24, 2.45) is 0 Å². The first-order valence-corrected chi connectivity index (χ1v) is 9.37. The summed E-state index contributed by atoms with van der Waals surface area (Å²) < 4.78 is 15.7. The monoisotopic (exact) mass is 389 g/mol. The minimum atomic E-state index is -0.909. The smallest absolute Gasteiger partial charge is 0.408 e. The fourth-order valence-electron chi connectivity index (χ4n) is 2.60. The van der Waals surface area contributed by atoms with Gasteiger partial charge in [0, 0.05) is 17.5 Å². The van der Waals surface area contributed by atoms with E-state index >= 15 is 0 Å². The van der Waals surface area contributed by atoms with E-state index in [0.717, 1.165) is 30.2 Å². The lowest BCUT2D eigenvalue weighted by Gasteiger charge is -2.21. The number of nitrogens with one attached hydrogen (secondary N) is 1. The Kier molecular flexibility index (Phi) is 6.83. The fraction of sp³-hybridized carbons (Fsp3) is 0.476. The molecule has 1 aromatic heterocycles. The van der Waals surface area contributed by atoms with Gasteiger partial charge < -0.3 is 19.2 Å². The summed E-state index contributed by atoms with van der Waals surface area (Å²) in [6.45, 7) is 8.77. The van der Waals surface area contributed by atoms with E-state index in [2.05, 4.69) is 12.2 Å². The highest BCUT2D eigenvalue weighted by molar-refractivity contribution is 5.85. The quantitative estimate of drug-likeness (QED) is 0.457. The van der Waals surface area contributed by atoms with Crippen molar-refractivity contribution in [1.29, 1.82) is 0 Å². The summed E-state index contributed by atoms with van der Waals surface area (Å²) in [7, 11) is 0. The summed E-state index contributed by atoms with van der Waals surface area (Å²) in [6.07, 6.45) is 2.04. The zero-order chi connectivity index (χ0) is 20.9. The van der Waals surface area contributed by atoms with Crippen molar-refractivity contribution in [3.63, 3.8) is 0 Å². The van der Waals surface area contributed by atoms with Crippen LogP contribution in [0.1, 0.15) is 53.0 Å². The van der Waals surface area contributed by atoms with E-state index in [-0.39, 0.29) is 5.75 Å². The Balaban J connectivity index is 2.12. The molecular weight excluding hydrogens is 362 g/mol. The number of carbonyl (C=O) groups excluding carboxylic acids is 2. The Hall–Kier alpha value is -2.83. The molecule has 1 N–H and O–H groups in total. The van der Waals surface area contributed by atoms with Crippen molar-refractivity contribution < 1.29 is 23.5 Å². The Bertz CT molecular complexity index is 909. The van der Waals surface area contributed by atoms with Crippen LogP contribution in [-0.4, -0.2) is 23.7 Å². The van der Waals surface area contributed by atoms with Crippen LogP contribution < -0.4 is 15.7 Å². The largest absolute Gasteiger partial charge is 0.444 e. The molecule has 0 aliphatic heterocycles. The number of hydrogen-bond donors (Lipinski definition) is 1. The first-order chi connectivity index (χ1) is 13.1. The number of unbranched alkanes of at least 4 members (excludes halogenated alkanes) is 1. The minimum absolute atomic E-state index is 0.228. The first-order valence-electron chi connectivity index (χ1n) is 9.37. The van der Waals surface area contributed by atoms with Gasteiger partial charge in [-0.25, -0.2) is 14.4 Å². The van der Waals surface area contributed by atoms with Gasteiger partial charge in [-0.05, 0) is 58.2 Å². The third-order valence-corrected chi connectivity index (χ3v) is 3.91. The van der Waals surface area contributed by atoms with Crippen molar-refractivity contribution in [2.45, 2.75) is 65.5 Å². The average molecular weight is 389 g/mol. The summed E-state index contributed by atoms with van der Waals surface area (Å²) in [5, 5.41) is 3.24. The lowest BCUT2D eigenvalue weighted by molar-refractivity contribution is -0.136. The lowest BCUT2D eigenvalue weighted by atomic mass is 10.0. The molecule has 152 valence electrons. The van der Waals surface area contributed by atoms with Gasteiger partial charge in [-0.2, -0.15) is 0 Å². The standard InChI is InChI=1S/C21H27NO6/c1-6-7-8-14-11-18(23)27-17-12-15(9-10-16(14)17)26-19(24)13(2)22-20(25)28-21(3,4)5/h9-13H,6-8H2,1-5H3,(H,22,25)/t13-/m0/s1. The Labute approximate surface area is 164 Å². The van der Waals surface area contributed by atoms with Crippen molar-refractivity contribution in [3.8, 4) is 5.75 Å². The molecule has 1 heterocycles. The van der Waals surface area contributed by atoms with Crippen LogP contribution in [0.25, 0.3) is 11.0 Å². The second-order valence-corrected chi connectivity index (χ2v) is 7.64. The molecule has 0 spiro atoms. The molecule has 0 saturated heterocycles. The molecule has 0 fully saturated rings. The van der Waals surface area contributed by atoms with Crippen LogP contribution in [0.15, 0.2) is 33.5 Å². The van der Waals surface area contributed by atoms with Gasteiger partial charge in [0.1, 0.15) is 23.0 Å². The molecule has 1 amide bonds. The van der Waals surface area contributed by atoms with Crippen molar-refractivity contribution >= 4 is 23.0 Å². The Morgan fingerprint density at radius 1 is 1.21 bits per heavy atom. The molecule has 1 aromatic carbocycles. The van der Waals surface area contributed by atoms with Gasteiger partial charge in [-0.3, -0.25) is 0 Å². The molecule has 0 aliphatic rings. The molecule has 1 atom stereocenters. The summed E-state index contributed by atoms with van der Waals surface area (Å²) >= 11 is 0. The molecular formula is C21H27NO6. The summed E-state index contributed by atoms with van der Waals surface area (Å²) in [4.78, 5) is 35.8. The van der Waals surface area contributed by atoms with E-state index in [1.165, 1.54) is 19.1 Å². The molecule has 2 rings (SSSR count). The summed E-state index contributed by atoms with van der Waals surface area (Å²) in [5.74, 6) is -0.430. The Morgan fingerprint density at radius 3 is 2.57 bits per heavy atom. The lowest BCUT2D eigenvalue weighted by Crippen LogP contribution is -2.43. The number of alkyl carbamates (subject to hydrolysis) is 1. The number of ether oxygens (including phenoxy) is 2. The average Bonchev–Trinajstić information content (AvgIpc) is 2.57. The number of esters is 1. The molecule has 0 radical (unpaired) electrons. The SMILES string of the molecule is CCCCc1cc(=O)oc2cc(OC(=O)[C@H](C)NC(=O)OC(C)(C)C)ccc12. The molecule has 0 bridgehead atoms. The maximum atomic E-state index is 12.2. The first kappa shape index (κ1) is 21.5. The van der Waals surface area contributed by atoms with Crippen LogP contribution in [0.5, 0.6) is 5.75 Å². The summed E-state index contributed by atoms with van der Waals surface area (Å²) in [5.41, 5.74) is 0.156. The van der Waals surface area contributed by atoms with Crippen LogP contribution in [0, 0.1) is 0 Å². The molecule has 7 heteroatoms. The van der Waals surface area contributed by atoms with E-state index in [4.69, 9.17) is 13.9 Å². The fourth-order valence-corrected chi connectivity index (χ4v) is 2.60. The Morgan fingerprint density at radius 2 is 1.93 bits per heavy atom. The zero-order valence-corrected chi connectivity index (χ0v) is 17.0. The number of benzene rings is 1. The van der Waals surface area contributed by atoms with Gasteiger partial charge >= 0.3 is 17.7 Å². The number of fused-ring (bicyclic) bond motifs is 1. The topological polar surface area (TPSA) is 94.8 Å². The number of rotatable bonds is 6. The predicted octanol–water partition coefficient (Wildman–Crippen LogP) is 3.95. The van der Waals surface area contributed by atoms with E-state index in [1.807, 2.05) is 0 Å². The van der Waals surface area contributed by atoms with Crippen LogP contribution >= 0.6 is 0 Å². The minimum Gasteiger partial charge on any atom is -0.444 e. The van der Waals surface area contributed by atoms with Gasteiger partial charge in [-0.1, -0.05) is 13.3 Å². The number of carbonyl (C=O) groups is 2. The number of hydrogen-bond acceptors (Lipinski definition) is 6. The van der Waals surface area contributed by atoms with Gasteiger partial charge in [-0.15, -0.1) is 0 Å². The van der Waals surface area contributed by atoms with E-state index < -0.39 is 29.3 Å². The highest BCUT2D eigenvalue weighted by atomic mass is 16.6. The van der Waals surface area contributed by atoms with Gasteiger partial charge in [0.15, 0.2) is 0 Å². The zero-order valence-electron chi connectivity index (χ0n) is 17.0. The van der Waals surface area contributed by atoms with Crippen LogP contribution in [0.4, 0.5) is 4.79 Å². The van der Waals surface area contributed by atoms with E-state index in [1.54, 1.807) is 32.9 Å². The third-order valence-electron chi connectivity index (χ3n) is 3.91. The van der Waals surface area contributed by atoms with Crippen molar-refractivity contribution in [3.05, 3.63) is 40.2 Å². The maximum absolute atomic E-state index is 12.2. The van der Waals surface area contributed by atoms with Gasteiger partial charge in [0.25, 0.3) is 0 Å². The van der Waals surface area contributed by atoms with Crippen LogP contribution in [0.3, 0.4) is 0 Å².